The van der Waals surface area contributed by atoms with Gasteiger partial charge in [0.1, 0.15) is 4.60 Å². The van der Waals surface area contributed by atoms with Crippen molar-refractivity contribution in [3.05, 3.63) is 22.3 Å². The summed E-state index contributed by atoms with van der Waals surface area (Å²) in [5.41, 5.74) is 1.87. The fourth-order valence-corrected chi connectivity index (χ4v) is 1.89. The van der Waals surface area contributed by atoms with Crippen LogP contribution in [-0.2, 0) is 0 Å². The van der Waals surface area contributed by atoms with E-state index in [1.54, 1.807) is 0 Å². The summed E-state index contributed by atoms with van der Waals surface area (Å²) in [6.07, 6.45) is 0. The van der Waals surface area contributed by atoms with Gasteiger partial charge in [0.15, 0.2) is 11.5 Å². The van der Waals surface area contributed by atoms with Crippen molar-refractivity contribution in [2.75, 3.05) is 6.79 Å². The summed E-state index contributed by atoms with van der Waals surface area (Å²) in [6, 6.07) is 3.79. The Hall–Kier alpha value is -1.36. The van der Waals surface area contributed by atoms with E-state index >= 15 is 0 Å². The highest BCUT2D eigenvalue weighted by Crippen LogP contribution is 2.36. The number of ether oxygens (including phenoxy) is 2. The van der Waals surface area contributed by atoms with Crippen molar-refractivity contribution in [1.29, 1.82) is 0 Å². The van der Waals surface area contributed by atoms with Gasteiger partial charge >= 0.3 is 0 Å². The zero-order valence-corrected chi connectivity index (χ0v) is 9.54. The maximum absolute atomic E-state index is 5.32. The molecular formula is C10H7BrN2O2. The predicted octanol–water partition coefficient (Wildman–Crippen LogP) is 2.43. The predicted molar refractivity (Wildman–Crippen MR) is 58.1 cm³/mol. The Bertz CT molecular complexity index is 557. The van der Waals surface area contributed by atoms with Gasteiger partial charge in [0.05, 0.1) is 5.52 Å². The van der Waals surface area contributed by atoms with Gasteiger partial charge in [-0.25, -0.2) is 0 Å². The molecule has 0 atom stereocenters. The lowest BCUT2D eigenvalue weighted by Crippen LogP contribution is -1.92. The fourth-order valence-electron chi connectivity index (χ4n) is 1.60. The maximum Gasteiger partial charge on any atom is 0.231 e. The van der Waals surface area contributed by atoms with Crippen LogP contribution in [0.1, 0.15) is 5.56 Å². The summed E-state index contributed by atoms with van der Waals surface area (Å²) in [7, 11) is 0. The molecule has 15 heavy (non-hydrogen) atoms. The van der Waals surface area contributed by atoms with Crippen LogP contribution in [0, 0.1) is 6.92 Å². The molecule has 0 bridgehead atoms. The molecule has 5 heteroatoms. The lowest BCUT2D eigenvalue weighted by atomic mass is 10.1. The number of nitrogens with zero attached hydrogens (tertiary/aromatic N) is 2. The summed E-state index contributed by atoms with van der Waals surface area (Å²) in [5.74, 6) is 1.50. The van der Waals surface area contributed by atoms with E-state index in [-0.39, 0.29) is 6.79 Å². The molecule has 0 amide bonds. The first-order chi connectivity index (χ1) is 7.25. The molecule has 0 aliphatic carbocycles. The van der Waals surface area contributed by atoms with Crippen LogP contribution in [-0.4, -0.2) is 17.0 Å². The van der Waals surface area contributed by atoms with Gasteiger partial charge in [-0.15, -0.1) is 10.2 Å². The number of hydrogen-bond donors (Lipinski definition) is 0. The molecule has 3 rings (SSSR count). The van der Waals surface area contributed by atoms with Gasteiger partial charge in [0.25, 0.3) is 0 Å². The number of aromatic nitrogens is 2. The number of aryl methyl sites for hydroxylation is 1. The number of halogens is 1. The first kappa shape index (κ1) is 8.91. The summed E-state index contributed by atoms with van der Waals surface area (Å²) in [6.45, 7) is 2.27. The van der Waals surface area contributed by atoms with Gasteiger partial charge in [-0.2, -0.15) is 0 Å². The second-order valence-corrected chi connectivity index (χ2v) is 4.09. The highest BCUT2D eigenvalue weighted by Gasteiger charge is 2.16. The topological polar surface area (TPSA) is 44.2 Å². The Morgan fingerprint density at radius 1 is 1.20 bits per heavy atom. The lowest BCUT2D eigenvalue weighted by Gasteiger charge is -2.03. The zero-order valence-electron chi connectivity index (χ0n) is 7.95. The van der Waals surface area contributed by atoms with Gasteiger partial charge in [-0.3, -0.25) is 0 Å². The molecule has 1 aliphatic rings. The van der Waals surface area contributed by atoms with Crippen LogP contribution in [0.25, 0.3) is 10.9 Å². The molecule has 76 valence electrons. The molecule has 1 aromatic carbocycles. The van der Waals surface area contributed by atoms with Crippen molar-refractivity contribution in [3.63, 3.8) is 0 Å². The van der Waals surface area contributed by atoms with E-state index in [1.165, 1.54) is 0 Å². The quantitative estimate of drug-likeness (QED) is 0.735. The Morgan fingerprint density at radius 3 is 2.73 bits per heavy atom. The van der Waals surface area contributed by atoms with Crippen molar-refractivity contribution in [2.24, 2.45) is 0 Å². The van der Waals surface area contributed by atoms with Crippen LogP contribution in [0.4, 0.5) is 0 Å². The normalized spacial score (nSPS) is 13.5. The molecule has 0 spiro atoms. The van der Waals surface area contributed by atoms with E-state index < -0.39 is 0 Å². The first-order valence-corrected chi connectivity index (χ1v) is 5.27. The van der Waals surface area contributed by atoms with Crippen LogP contribution < -0.4 is 9.47 Å². The number of hydrogen-bond acceptors (Lipinski definition) is 4. The fraction of sp³-hybridized carbons (Fsp3) is 0.200. The largest absolute Gasteiger partial charge is 0.454 e. The van der Waals surface area contributed by atoms with Crippen molar-refractivity contribution in [3.8, 4) is 11.5 Å². The van der Waals surface area contributed by atoms with Crippen LogP contribution in [0.5, 0.6) is 11.5 Å². The number of rotatable bonds is 0. The van der Waals surface area contributed by atoms with Crippen LogP contribution in [0.2, 0.25) is 0 Å². The van der Waals surface area contributed by atoms with Crippen molar-refractivity contribution in [2.45, 2.75) is 6.92 Å². The second kappa shape index (κ2) is 3.06. The molecule has 1 aliphatic heterocycles. The monoisotopic (exact) mass is 266 g/mol. The van der Waals surface area contributed by atoms with Crippen LogP contribution >= 0.6 is 15.9 Å². The molecule has 0 unspecified atom stereocenters. The van der Waals surface area contributed by atoms with Crippen molar-refractivity contribution < 1.29 is 9.47 Å². The summed E-state index contributed by atoms with van der Waals surface area (Å²) in [5, 5.41) is 9.12. The molecular weight excluding hydrogens is 260 g/mol. The third-order valence-electron chi connectivity index (χ3n) is 2.45. The molecule has 0 radical (unpaired) electrons. The molecule has 0 saturated carbocycles. The smallest absolute Gasteiger partial charge is 0.231 e. The molecule has 4 nitrogen and oxygen atoms in total. The van der Waals surface area contributed by atoms with E-state index in [1.807, 2.05) is 19.1 Å². The van der Waals surface area contributed by atoms with Crippen LogP contribution in [0.15, 0.2) is 16.7 Å². The number of benzene rings is 1. The molecule has 2 aromatic rings. The average Bonchev–Trinajstić information content (AvgIpc) is 2.68. The maximum atomic E-state index is 5.32. The Kier molecular flexibility index (Phi) is 1.82. The SMILES string of the molecule is Cc1c(Br)nnc2cc3c(cc12)OCO3. The van der Waals surface area contributed by atoms with E-state index in [9.17, 15) is 0 Å². The van der Waals surface area contributed by atoms with E-state index in [0.29, 0.717) is 0 Å². The van der Waals surface area contributed by atoms with Gasteiger partial charge in [-0.1, -0.05) is 0 Å². The zero-order chi connectivity index (χ0) is 10.4. The highest BCUT2D eigenvalue weighted by molar-refractivity contribution is 9.10. The minimum absolute atomic E-state index is 0.277. The average molecular weight is 267 g/mol. The minimum Gasteiger partial charge on any atom is -0.454 e. The number of fused-ring (bicyclic) bond motifs is 2. The lowest BCUT2D eigenvalue weighted by molar-refractivity contribution is 0.174. The molecule has 0 fully saturated rings. The third-order valence-corrected chi connectivity index (χ3v) is 3.20. The molecule has 2 heterocycles. The van der Waals surface area contributed by atoms with E-state index in [0.717, 1.165) is 32.6 Å². The van der Waals surface area contributed by atoms with E-state index in [2.05, 4.69) is 26.1 Å². The van der Waals surface area contributed by atoms with Gasteiger partial charge in [-0.05, 0) is 34.5 Å². The standard InChI is InChI=1S/C10H7BrN2O2/c1-5-6-2-8-9(15-4-14-8)3-7(6)12-13-10(5)11/h2-3H,4H2,1H3. The summed E-state index contributed by atoms with van der Waals surface area (Å²) >= 11 is 3.35. The molecule has 0 saturated heterocycles. The summed E-state index contributed by atoms with van der Waals surface area (Å²) in [4.78, 5) is 0. The summed E-state index contributed by atoms with van der Waals surface area (Å²) < 4.78 is 11.3. The van der Waals surface area contributed by atoms with Gasteiger partial charge < -0.3 is 9.47 Å². The Labute approximate surface area is 94.3 Å². The highest BCUT2D eigenvalue weighted by atomic mass is 79.9. The first-order valence-electron chi connectivity index (χ1n) is 4.48. The second-order valence-electron chi connectivity index (χ2n) is 3.34. The third kappa shape index (κ3) is 1.26. The molecule has 1 aromatic heterocycles. The van der Waals surface area contributed by atoms with Gasteiger partial charge in [0, 0.05) is 11.5 Å². The molecule has 0 N–H and O–H groups in total. The Balaban J connectivity index is 2.38. The van der Waals surface area contributed by atoms with E-state index in [4.69, 9.17) is 9.47 Å². The van der Waals surface area contributed by atoms with Crippen molar-refractivity contribution >= 4 is 26.8 Å². The van der Waals surface area contributed by atoms with Crippen LogP contribution in [0.3, 0.4) is 0 Å². The van der Waals surface area contributed by atoms with Crippen molar-refractivity contribution in [1.82, 2.24) is 10.2 Å². The minimum atomic E-state index is 0.277. The Morgan fingerprint density at radius 2 is 1.93 bits per heavy atom. The van der Waals surface area contributed by atoms with Gasteiger partial charge in [0.2, 0.25) is 6.79 Å².